The van der Waals surface area contributed by atoms with Gasteiger partial charge in [-0.05, 0) is 6.07 Å². The van der Waals surface area contributed by atoms with Crippen LogP contribution in [0.4, 0.5) is 0 Å². The first-order valence-corrected chi connectivity index (χ1v) is 4.20. The van der Waals surface area contributed by atoms with Crippen molar-refractivity contribution in [3.63, 3.8) is 0 Å². The van der Waals surface area contributed by atoms with Crippen LogP contribution in [0.15, 0.2) is 24.3 Å². The highest BCUT2D eigenvalue weighted by molar-refractivity contribution is 6.31. The molecule has 13 heavy (non-hydrogen) atoms. The van der Waals surface area contributed by atoms with Gasteiger partial charge in [0.05, 0.1) is 5.02 Å². The van der Waals surface area contributed by atoms with E-state index in [0.29, 0.717) is 10.6 Å². The Morgan fingerprint density at radius 3 is 2.77 bits per heavy atom. The van der Waals surface area contributed by atoms with E-state index in [-0.39, 0.29) is 12.6 Å². The third kappa shape index (κ3) is 1.66. The molecule has 1 atom stereocenters. The van der Waals surface area contributed by atoms with Crippen molar-refractivity contribution in [1.82, 2.24) is 0 Å². The number of carbonyl (C=O) groups excluding carboxylic acids is 1. The van der Waals surface area contributed by atoms with E-state index in [4.69, 9.17) is 21.1 Å². The number of hydrogen-bond donors (Lipinski definition) is 0. The first kappa shape index (κ1) is 8.53. The Morgan fingerprint density at radius 1 is 1.38 bits per heavy atom. The summed E-state index contributed by atoms with van der Waals surface area (Å²) in [6.45, 7) is -0.00408. The van der Waals surface area contributed by atoms with E-state index >= 15 is 0 Å². The fourth-order valence-corrected chi connectivity index (χ4v) is 1.38. The van der Waals surface area contributed by atoms with Crippen molar-refractivity contribution in [3.05, 3.63) is 34.9 Å². The van der Waals surface area contributed by atoms with Crippen molar-refractivity contribution >= 4 is 17.6 Å². The Hall–Kier alpha value is -1.06. The van der Waals surface area contributed by atoms with Crippen LogP contribution < -0.4 is 0 Å². The number of carbonyl (C=O) groups is 1. The molecular weight excluding hydrogens is 192 g/mol. The van der Waals surface area contributed by atoms with Crippen molar-refractivity contribution in [3.8, 4) is 0 Å². The molecule has 1 unspecified atom stereocenters. The Bertz CT molecular complexity index is 337. The lowest BCUT2D eigenvalue weighted by atomic mass is 10.2. The van der Waals surface area contributed by atoms with Gasteiger partial charge in [-0.25, -0.2) is 4.79 Å². The van der Waals surface area contributed by atoms with E-state index in [9.17, 15) is 4.79 Å². The van der Waals surface area contributed by atoms with Crippen LogP contribution in [0.1, 0.15) is 11.9 Å². The monoisotopic (exact) mass is 198 g/mol. The first-order chi connectivity index (χ1) is 6.27. The van der Waals surface area contributed by atoms with E-state index < -0.39 is 6.29 Å². The number of hydrogen-bond acceptors (Lipinski definition) is 3. The molecule has 3 nitrogen and oxygen atoms in total. The SMILES string of the molecule is O=C1COC(c2ccccc2Cl)O1. The predicted octanol–water partition coefficient (Wildman–Crippen LogP) is 1.91. The standard InChI is InChI=1S/C9H7ClO3/c10-7-4-2-1-3-6(7)9-12-5-8(11)13-9/h1-4,9H,5H2. The van der Waals surface area contributed by atoms with Crippen molar-refractivity contribution < 1.29 is 14.3 Å². The molecule has 1 heterocycles. The maximum absolute atomic E-state index is 10.7. The van der Waals surface area contributed by atoms with Gasteiger partial charge in [0.15, 0.2) is 0 Å². The Kier molecular flexibility index (Phi) is 2.20. The molecule has 0 amide bonds. The van der Waals surface area contributed by atoms with E-state index in [1.807, 2.05) is 12.1 Å². The summed E-state index contributed by atoms with van der Waals surface area (Å²) in [4.78, 5) is 10.7. The third-order valence-corrected chi connectivity index (χ3v) is 2.09. The van der Waals surface area contributed by atoms with E-state index in [1.54, 1.807) is 12.1 Å². The molecule has 1 saturated heterocycles. The molecule has 0 aliphatic carbocycles. The number of rotatable bonds is 1. The van der Waals surface area contributed by atoms with Crippen LogP contribution in [-0.2, 0) is 14.3 Å². The topological polar surface area (TPSA) is 35.5 Å². The second-order valence-electron chi connectivity index (χ2n) is 2.65. The van der Waals surface area contributed by atoms with E-state index in [1.165, 1.54) is 0 Å². The molecule has 4 heteroatoms. The second kappa shape index (κ2) is 3.36. The van der Waals surface area contributed by atoms with Crippen molar-refractivity contribution in [2.75, 3.05) is 6.61 Å². The summed E-state index contributed by atoms with van der Waals surface area (Å²) in [6.07, 6.45) is -0.638. The van der Waals surface area contributed by atoms with Crippen LogP contribution >= 0.6 is 11.6 Å². The Labute approximate surface area is 80.2 Å². The van der Waals surface area contributed by atoms with Crippen molar-refractivity contribution in [2.45, 2.75) is 6.29 Å². The molecular formula is C9H7ClO3. The van der Waals surface area contributed by atoms with Gasteiger partial charge in [0, 0.05) is 5.56 Å². The molecule has 0 N–H and O–H groups in total. The summed E-state index contributed by atoms with van der Waals surface area (Å²) < 4.78 is 9.96. The molecule has 0 saturated carbocycles. The molecule has 1 fully saturated rings. The smallest absolute Gasteiger partial charge is 0.334 e. The van der Waals surface area contributed by atoms with Gasteiger partial charge in [-0.15, -0.1) is 0 Å². The van der Waals surface area contributed by atoms with E-state index in [0.717, 1.165) is 0 Å². The van der Waals surface area contributed by atoms with Crippen LogP contribution in [0, 0.1) is 0 Å². The lowest BCUT2D eigenvalue weighted by Gasteiger charge is -2.09. The lowest BCUT2D eigenvalue weighted by Crippen LogP contribution is -2.00. The molecule has 68 valence electrons. The van der Waals surface area contributed by atoms with Crippen molar-refractivity contribution in [1.29, 1.82) is 0 Å². The zero-order valence-corrected chi connectivity index (χ0v) is 7.45. The minimum atomic E-state index is -0.638. The highest BCUT2D eigenvalue weighted by atomic mass is 35.5. The van der Waals surface area contributed by atoms with Gasteiger partial charge in [0.2, 0.25) is 6.29 Å². The van der Waals surface area contributed by atoms with Gasteiger partial charge < -0.3 is 9.47 Å². The molecule has 0 aromatic heterocycles. The molecule has 0 spiro atoms. The molecule has 0 radical (unpaired) electrons. The van der Waals surface area contributed by atoms with Gasteiger partial charge >= 0.3 is 5.97 Å². The normalized spacial score (nSPS) is 21.6. The van der Waals surface area contributed by atoms with Crippen LogP contribution in [0.25, 0.3) is 0 Å². The van der Waals surface area contributed by atoms with Crippen LogP contribution in [0.5, 0.6) is 0 Å². The molecule has 2 rings (SSSR count). The Balaban J connectivity index is 2.26. The summed E-state index contributed by atoms with van der Waals surface area (Å²) >= 11 is 5.88. The molecule has 0 bridgehead atoms. The minimum absolute atomic E-state index is 0.00408. The maximum Gasteiger partial charge on any atom is 0.334 e. The number of esters is 1. The predicted molar refractivity (Wildman–Crippen MR) is 46.2 cm³/mol. The lowest BCUT2D eigenvalue weighted by molar-refractivity contribution is -0.143. The largest absolute Gasteiger partial charge is 0.429 e. The minimum Gasteiger partial charge on any atom is -0.429 e. The van der Waals surface area contributed by atoms with Crippen LogP contribution in [-0.4, -0.2) is 12.6 Å². The summed E-state index contributed by atoms with van der Waals surface area (Å²) in [5.74, 6) is -0.357. The zero-order valence-electron chi connectivity index (χ0n) is 6.70. The third-order valence-electron chi connectivity index (χ3n) is 1.75. The summed E-state index contributed by atoms with van der Waals surface area (Å²) in [7, 11) is 0. The van der Waals surface area contributed by atoms with Gasteiger partial charge in [0.1, 0.15) is 6.61 Å². The van der Waals surface area contributed by atoms with Gasteiger partial charge in [0.25, 0.3) is 0 Å². The van der Waals surface area contributed by atoms with Crippen LogP contribution in [0.2, 0.25) is 5.02 Å². The van der Waals surface area contributed by atoms with E-state index in [2.05, 4.69) is 0 Å². The fourth-order valence-electron chi connectivity index (χ4n) is 1.15. The first-order valence-electron chi connectivity index (χ1n) is 3.83. The van der Waals surface area contributed by atoms with Crippen LogP contribution in [0.3, 0.4) is 0 Å². The van der Waals surface area contributed by atoms with Gasteiger partial charge in [-0.1, -0.05) is 29.8 Å². The Morgan fingerprint density at radius 2 is 2.15 bits per heavy atom. The fraction of sp³-hybridized carbons (Fsp3) is 0.222. The number of ether oxygens (including phenoxy) is 2. The highest BCUT2D eigenvalue weighted by Gasteiger charge is 2.26. The highest BCUT2D eigenvalue weighted by Crippen LogP contribution is 2.29. The van der Waals surface area contributed by atoms with Gasteiger partial charge in [-0.2, -0.15) is 0 Å². The summed E-state index contributed by atoms with van der Waals surface area (Å²) in [5, 5.41) is 0.544. The summed E-state index contributed by atoms with van der Waals surface area (Å²) in [6, 6.07) is 7.12. The zero-order chi connectivity index (χ0) is 9.26. The molecule has 1 aliphatic heterocycles. The molecule has 1 aliphatic rings. The maximum atomic E-state index is 10.7. The van der Waals surface area contributed by atoms with Crippen molar-refractivity contribution in [2.24, 2.45) is 0 Å². The average molecular weight is 199 g/mol. The number of halogens is 1. The number of benzene rings is 1. The molecule has 1 aromatic carbocycles. The van der Waals surface area contributed by atoms with Gasteiger partial charge in [-0.3, -0.25) is 0 Å². The number of cyclic esters (lactones) is 1. The summed E-state index contributed by atoms with van der Waals surface area (Å²) in [5.41, 5.74) is 0.690. The average Bonchev–Trinajstić information content (AvgIpc) is 2.53. The molecule has 1 aromatic rings. The quantitative estimate of drug-likeness (QED) is 0.647. The second-order valence-corrected chi connectivity index (χ2v) is 3.06.